The molecule has 0 aromatic heterocycles. The van der Waals surface area contributed by atoms with Crippen molar-refractivity contribution in [2.24, 2.45) is 5.92 Å². The minimum absolute atomic E-state index is 0.0399. The highest BCUT2D eigenvalue weighted by molar-refractivity contribution is 8.90. The smallest absolute Gasteiger partial charge is 0.0438 e. The lowest BCUT2D eigenvalue weighted by Gasteiger charge is -2.25. The first-order valence-corrected chi connectivity index (χ1v) is 8.99. The van der Waals surface area contributed by atoms with Crippen molar-refractivity contribution >= 4 is 34.4 Å². The van der Waals surface area contributed by atoms with Gasteiger partial charge in [0.05, 0.1) is 0 Å². The van der Waals surface area contributed by atoms with E-state index in [-0.39, 0.29) is 6.33 Å². The number of hydrogen-bond acceptors (Lipinski definition) is 2. The van der Waals surface area contributed by atoms with E-state index in [1.807, 2.05) is 0 Å². The molecular formula is C10H13PS2. The highest BCUT2D eigenvalue weighted by Gasteiger charge is 2.20. The van der Waals surface area contributed by atoms with E-state index < -0.39 is 0 Å². The average molecular weight is 228 g/mol. The summed E-state index contributed by atoms with van der Waals surface area (Å²) in [7, 11) is 0. The Morgan fingerprint density at radius 3 is 2.38 bits per heavy atom. The maximum atomic E-state index is 2.34. The van der Waals surface area contributed by atoms with Crippen LogP contribution in [0.2, 0.25) is 0 Å². The molecule has 1 fully saturated rings. The quantitative estimate of drug-likeness (QED) is 0.672. The van der Waals surface area contributed by atoms with Gasteiger partial charge in [-0.05, 0) is 11.2 Å². The van der Waals surface area contributed by atoms with Gasteiger partial charge in [0.1, 0.15) is 0 Å². The van der Waals surface area contributed by atoms with Crippen LogP contribution >= 0.6 is 29.1 Å². The molecule has 0 atom stereocenters. The molecule has 1 aromatic carbocycles. The van der Waals surface area contributed by atoms with Crippen LogP contribution in [0, 0.1) is 5.92 Å². The first-order valence-electron chi connectivity index (χ1n) is 4.47. The van der Waals surface area contributed by atoms with E-state index in [9.17, 15) is 0 Å². The fraction of sp³-hybridized carbons (Fsp3) is 0.400. The highest BCUT2D eigenvalue weighted by atomic mass is 33.1. The van der Waals surface area contributed by atoms with Gasteiger partial charge in [-0.25, -0.2) is 0 Å². The van der Waals surface area contributed by atoms with Crippen LogP contribution in [-0.2, 0) is 0 Å². The van der Waals surface area contributed by atoms with Gasteiger partial charge in [-0.2, -0.15) is 0 Å². The number of benzene rings is 1. The van der Waals surface area contributed by atoms with E-state index in [4.69, 9.17) is 0 Å². The third-order valence-corrected chi connectivity index (χ3v) is 10.0. The lowest BCUT2D eigenvalue weighted by Crippen LogP contribution is -2.08. The van der Waals surface area contributed by atoms with Crippen molar-refractivity contribution in [2.75, 3.05) is 11.5 Å². The largest absolute Gasteiger partial charge is 0.118 e. The highest BCUT2D eigenvalue weighted by Crippen LogP contribution is 2.63. The molecule has 1 heterocycles. The first kappa shape index (κ1) is 9.89. The second kappa shape index (κ2) is 4.72. The van der Waals surface area contributed by atoms with Crippen LogP contribution < -0.4 is 5.30 Å². The molecule has 1 aliphatic heterocycles. The molecule has 1 aliphatic rings. The predicted octanol–water partition coefficient (Wildman–Crippen LogP) is 3.74. The SMILES string of the molecule is CC1CSP(c2ccccc2)SC1. The molecule has 1 saturated heterocycles. The maximum Gasteiger partial charge on any atom is 0.0438 e. The molecule has 0 nitrogen and oxygen atoms in total. The lowest BCUT2D eigenvalue weighted by molar-refractivity contribution is 0.767. The van der Waals surface area contributed by atoms with Gasteiger partial charge in [0.2, 0.25) is 0 Å². The third kappa shape index (κ3) is 2.65. The van der Waals surface area contributed by atoms with Crippen molar-refractivity contribution in [1.82, 2.24) is 0 Å². The normalized spacial score (nSPS) is 28.7. The average Bonchev–Trinajstić information content (AvgIpc) is 2.20. The Balaban J connectivity index is 2.03. The molecule has 0 bridgehead atoms. The summed E-state index contributed by atoms with van der Waals surface area (Å²) in [5.74, 6) is 3.58. The Morgan fingerprint density at radius 1 is 1.15 bits per heavy atom. The molecule has 0 spiro atoms. The van der Waals surface area contributed by atoms with Crippen LogP contribution in [0.1, 0.15) is 6.92 Å². The molecule has 70 valence electrons. The zero-order valence-electron chi connectivity index (χ0n) is 7.64. The second-order valence-electron chi connectivity index (χ2n) is 3.29. The molecule has 0 N–H and O–H groups in total. The molecule has 0 radical (unpaired) electrons. The summed E-state index contributed by atoms with van der Waals surface area (Å²) in [4.78, 5) is 0. The molecule has 1 aromatic rings. The van der Waals surface area contributed by atoms with Crippen LogP contribution in [-0.4, -0.2) is 11.5 Å². The van der Waals surface area contributed by atoms with Gasteiger partial charge in [-0.15, -0.1) is 22.8 Å². The first-order chi connectivity index (χ1) is 6.36. The molecule has 0 saturated carbocycles. The van der Waals surface area contributed by atoms with Gasteiger partial charge in [-0.1, -0.05) is 37.3 Å². The van der Waals surface area contributed by atoms with E-state index >= 15 is 0 Å². The lowest BCUT2D eigenvalue weighted by atomic mass is 10.3. The standard InChI is InChI=1S/C10H13PS2/c1-9-7-12-11(13-8-9)10-5-3-2-4-6-10/h2-6,9H,7-8H2,1H3. The van der Waals surface area contributed by atoms with Gasteiger partial charge in [0.25, 0.3) is 0 Å². The van der Waals surface area contributed by atoms with Crippen LogP contribution in [0.5, 0.6) is 0 Å². The van der Waals surface area contributed by atoms with Crippen molar-refractivity contribution in [1.29, 1.82) is 0 Å². The van der Waals surface area contributed by atoms with Gasteiger partial charge in [0.15, 0.2) is 0 Å². The van der Waals surface area contributed by atoms with Crippen LogP contribution in [0.15, 0.2) is 30.3 Å². The van der Waals surface area contributed by atoms with Crippen molar-refractivity contribution in [2.45, 2.75) is 6.92 Å². The Bertz CT molecular complexity index is 255. The summed E-state index contributed by atoms with van der Waals surface area (Å²) >= 11 is 4.30. The summed E-state index contributed by atoms with van der Waals surface area (Å²) in [5, 5.41) is 1.54. The van der Waals surface area contributed by atoms with Gasteiger partial charge >= 0.3 is 0 Å². The van der Waals surface area contributed by atoms with E-state index in [1.165, 1.54) is 11.5 Å². The summed E-state index contributed by atoms with van der Waals surface area (Å²) in [6.45, 7) is 2.34. The summed E-state index contributed by atoms with van der Waals surface area (Å²) < 4.78 is 0. The summed E-state index contributed by atoms with van der Waals surface area (Å²) in [5.41, 5.74) is 0. The summed E-state index contributed by atoms with van der Waals surface area (Å²) in [6, 6.07) is 10.9. The Kier molecular flexibility index (Phi) is 3.59. The molecule has 0 aliphatic carbocycles. The van der Waals surface area contributed by atoms with Crippen molar-refractivity contribution in [3.8, 4) is 0 Å². The maximum absolute atomic E-state index is 2.34. The van der Waals surface area contributed by atoms with Crippen LogP contribution in [0.3, 0.4) is 0 Å². The topological polar surface area (TPSA) is 0 Å². The van der Waals surface area contributed by atoms with Crippen molar-refractivity contribution in [3.05, 3.63) is 30.3 Å². The molecule has 3 heteroatoms. The van der Waals surface area contributed by atoms with E-state index in [0.717, 1.165) is 5.92 Å². The van der Waals surface area contributed by atoms with Gasteiger partial charge in [-0.3, -0.25) is 0 Å². The monoisotopic (exact) mass is 228 g/mol. The van der Waals surface area contributed by atoms with E-state index in [1.54, 1.807) is 5.30 Å². The van der Waals surface area contributed by atoms with Crippen LogP contribution in [0.25, 0.3) is 0 Å². The molecular weight excluding hydrogens is 215 g/mol. The molecule has 2 rings (SSSR count). The zero-order valence-corrected chi connectivity index (χ0v) is 10.2. The Morgan fingerprint density at radius 2 is 1.77 bits per heavy atom. The van der Waals surface area contributed by atoms with Gasteiger partial charge < -0.3 is 0 Å². The second-order valence-corrected chi connectivity index (χ2v) is 9.94. The minimum Gasteiger partial charge on any atom is -0.118 e. The number of rotatable bonds is 1. The van der Waals surface area contributed by atoms with Crippen molar-refractivity contribution in [3.63, 3.8) is 0 Å². The van der Waals surface area contributed by atoms with E-state index in [2.05, 4.69) is 60.0 Å². The van der Waals surface area contributed by atoms with E-state index in [0.29, 0.717) is 0 Å². The van der Waals surface area contributed by atoms with Crippen molar-refractivity contribution < 1.29 is 0 Å². The summed E-state index contributed by atoms with van der Waals surface area (Å²) in [6.07, 6.45) is 0.0399. The fourth-order valence-corrected chi connectivity index (χ4v) is 9.08. The molecule has 13 heavy (non-hydrogen) atoms. The molecule has 0 unspecified atom stereocenters. The third-order valence-electron chi connectivity index (χ3n) is 1.92. The Labute approximate surface area is 89.1 Å². The van der Waals surface area contributed by atoms with Crippen LogP contribution in [0.4, 0.5) is 0 Å². The Hall–Kier alpha value is 0.350. The predicted molar refractivity (Wildman–Crippen MR) is 67.1 cm³/mol. The minimum atomic E-state index is 0.0399. The fourth-order valence-electron chi connectivity index (χ4n) is 1.17. The zero-order chi connectivity index (χ0) is 9.10. The molecule has 0 amide bonds. The van der Waals surface area contributed by atoms with Gasteiger partial charge in [0, 0.05) is 17.8 Å². The number of hydrogen-bond donors (Lipinski definition) is 0.